The Kier molecular flexibility index (Phi) is 6.02. The highest BCUT2D eigenvalue weighted by Crippen LogP contribution is 2.15. The molecular weight excluding hydrogens is 242 g/mol. The quantitative estimate of drug-likeness (QED) is 0.790. The van der Waals surface area contributed by atoms with E-state index in [1.54, 1.807) is 0 Å². The van der Waals surface area contributed by atoms with Crippen LogP contribution in [0.15, 0.2) is 4.52 Å². The molecule has 3 N–H and O–H groups in total. The van der Waals surface area contributed by atoms with Crippen molar-refractivity contribution < 1.29 is 9.32 Å². The number of nitrogens with one attached hydrogen (secondary N) is 1. The van der Waals surface area contributed by atoms with Gasteiger partial charge in [0.2, 0.25) is 5.91 Å². The lowest BCUT2D eigenvalue weighted by Gasteiger charge is -2.16. The molecule has 0 spiro atoms. The van der Waals surface area contributed by atoms with Gasteiger partial charge < -0.3 is 15.6 Å². The first-order chi connectivity index (χ1) is 8.93. The molecule has 5 heteroatoms. The molecule has 0 aliphatic carbocycles. The lowest BCUT2D eigenvalue weighted by molar-refractivity contribution is -0.122. The number of rotatable bonds is 7. The second-order valence-corrected chi connectivity index (χ2v) is 5.51. The molecule has 5 nitrogen and oxygen atoms in total. The Labute approximate surface area is 114 Å². The maximum absolute atomic E-state index is 11.9. The summed E-state index contributed by atoms with van der Waals surface area (Å²) < 4.78 is 5.06. The van der Waals surface area contributed by atoms with Gasteiger partial charge in [0.1, 0.15) is 5.76 Å². The predicted molar refractivity (Wildman–Crippen MR) is 74.4 cm³/mol. The van der Waals surface area contributed by atoms with E-state index in [1.165, 1.54) is 0 Å². The van der Waals surface area contributed by atoms with Gasteiger partial charge in [-0.3, -0.25) is 4.79 Å². The summed E-state index contributed by atoms with van der Waals surface area (Å²) in [7, 11) is 0. The Bertz CT molecular complexity index is 393. The molecule has 1 aromatic rings. The third-order valence-corrected chi connectivity index (χ3v) is 3.26. The van der Waals surface area contributed by atoms with E-state index < -0.39 is 0 Å². The number of aryl methyl sites for hydroxylation is 2. The number of hydrogen-bond donors (Lipinski definition) is 2. The monoisotopic (exact) mass is 267 g/mol. The highest BCUT2D eigenvalue weighted by Gasteiger charge is 2.15. The Balaban J connectivity index is 2.43. The number of carbonyl (C=O) groups excluding carboxylic acids is 1. The number of aromatic nitrogens is 1. The fourth-order valence-corrected chi connectivity index (χ4v) is 2.21. The van der Waals surface area contributed by atoms with E-state index >= 15 is 0 Å². The lowest BCUT2D eigenvalue weighted by Crippen LogP contribution is -2.28. The van der Waals surface area contributed by atoms with Gasteiger partial charge in [-0.1, -0.05) is 19.0 Å². The summed E-state index contributed by atoms with van der Waals surface area (Å²) in [6.07, 6.45) is 1.47. The highest BCUT2D eigenvalue weighted by atomic mass is 16.5. The molecule has 0 aliphatic heterocycles. The molecule has 19 heavy (non-hydrogen) atoms. The van der Waals surface area contributed by atoms with E-state index in [4.69, 9.17) is 10.3 Å². The fraction of sp³-hybridized carbons (Fsp3) is 0.714. The SMILES string of the molecule is Cc1noc(C)c1CNC(=O)C[C@@H](CN)CC(C)C. The van der Waals surface area contributed by atoms with Gasteiger partial charge in [-0.2, -0.15) is 0 Å². The van der Waals surface area contributed by atoms with Crippen LogP contribution in [-0.4, -0.2) is 17.6 Å². The van der Waals surface area contributed by atoms with Gasteiger partial charge in [0.15, 0.2) is 0 Å². The normalized spacial score (nSPS) is 12.7. The molecule has 1 aromatic heterocycles. The average molecular weight is 267 g/mol. The Morgan fingerprint density at radius 2 is 2.11 bits per heavy atom. The molecule has 0 saturated carbocycles. The lowest BCUT2D eigenvalue weighted by atomic mass is 9.94. The first-order valence-electron chi connectivity index (χ1n) is 6.82. The molecule has 0 aliphatic rings. The molecule has 0 fully saturated rings. The van der Waals surface area contributed by atoms with Crippen molar-refractivity contribution in [3.63, 3.8) is 0 Å². The summed E-state index contributed by atoms with van der Waals surface area (Å²) in [5.41, 5.74) is 7.49. The zero-order valence-electron chi connectivity index (χ0n) is 12.3. The van der Waals surface area contributed by atoms with Crippen molar-refractivity contribution in [2.24, 2.45) is 17.6 Å². The van der Waals surface area contributed by atoms with Crippen LogP contribution in [0.25, 0.3) is 0 Å². The minimum absolute atomic E-state index is 0.0381. The van der Waals surface area contributed by atoms with Gasteiger partial charge in [-0.05, 0) is 38.6 Å². The van der Waals surface area contributed by atoms with Crippen LogP contribution in [-0.2, 0) is 11.3 Å². The van der Waals surface area contributed by atoms with Crippen LogP contribution in [0, 0.1) is 25.7 Å². The molecule has 1 atom stereocenters. The second-order valence-electron chi connectivity index (χ2n) is 5.51. The van der Waals surface area contributed by atoms with Crippen LogP contribution in [0.2, 0.25) is 0 Å². The number of nitrogens with zero attached hydrogens (tertiary/aromatic N) is 1. The minimum atomic E-state index is 0.0381. The third-order valence-electron chi connectivity index (χ3n) is 3.26. The van der Waals surface area contributed by atoms with E-state index in [2.05, 4.69) is 24.3 Å². The molecule has 0 aromatic carbocycles. The van der Waals surface area contributed by atoms with E-state index in [9.17, 15) is 4.79 Å². The van der Waals surface area contributed by atoms with E-state index in [1.807, 2.05) is 13.8 Å². The molecule has 0 bridgehead atoms. The summed E-state index contributed by atoms with van der Waals surface area (Å²) in [5.74, 6) is 1.61. The Hall–Kier alpha value is -1.36. The standard InChI is InChI=1S/C14H25N3O2/c1-9(2)5-12(7-15)6-14(18)16-8-13-10(3)17-19-11(13)4/h9,12H,5-8,15H2,1-4H3,(H,16,18)/t12-/m0/s1. The van der Waals surface area contributed by atoms with E-state index in [-0.39, 0.29) is 11.8 Å². The number of carbonyl (C=O) groups is 1. The van der Waals surface area contributed by atoms with Gasteiger partial charge >= 0.3 is 0 Å². The number of hydrogen-bond acceptors (Lipinski definition) is 4. The van der Waals surface area contributed by atoms with Crippen molar-refractivity contribution in [2.75, 3.05) is 6.54 Å². The van der Waals surface area contributed by atoms with Crippen LogP contribution in [0.4, 0.5) is 0 Å². The molecular formula is C14H25N3O2. The second kappa shape index (κ2) is 7.28. The van der Waals surface area contributed by atoms with Crippen LogP contribution >= 0.6 is 0 Å². The maximum Gasteiger partial charge on any atom is 0.220 e. The number of nitrogens with two attached hydrogens (primary N) is 1. The minimum Gasteiger partial charge on any atom is -0.361 e. The fourth-order valence-electron chi connectivity index (χ4n) is 2.21. The van der Waals surface area contributed by atoms with Gasteiger partial charge in [-0.25, -0.2) is 0 Å². The van der Waals surface area contributed by atoms with Gasteiger partial charge in [0.25, 0.3) is 0 Å². The van der Waals surface area contributed by atoms with Crippen molar-refractivity contribution in [3.8, 4) is 0 Å². The first kappa shape index (κ1) is 15.7. The van der Waals surface area contributed by atoms with Crippen molar-refractivity contribution in [3.05, 3.63) is 17.0 Å². The summed E-state index contributed by atoms with van der Waals surface area (Å²) in [4.78, 5) is 11.9. The molecule has 0 saturated heterocycles. The predicted octanol–water partition coefficient (Wildman–Crippen LogP) is 1.92. The molecule has 0 unspecified atom stereocenters. The largest absolute Gasteiger partial charge is 0.361 e. The summed E-state index contributed by atoms with van der Waals surface area (Å²) in [6, 6.07) is 0. The zero-order chi connectivity index (χ0) is 14.4. The summed E-state index contributed by atoms with van der Waals surface area (Å²) in [5, 5.41) is 6.77. The third kappa shape index (κ3) is 5.03. The molecule has 1 amide bonds. The van der Waals surface area contributed by atoms with Crippen LogP contribution in [0.3, 0.4) is 0 Å². The number of amides is 1. The smallest absolute Gasteiger partial charge is 0.220 e. The molecule has 0 radical (unpaired) electrons. The Morgan fingerprint density at radius 1 is 1.42 bits per heavy atom. The summed E-state index contributed by atoms with van der Waals surface area (Å²) >= 11 is 0. The molecule has 108 valence electrons. The highest BCUT2D eigenvalue weighted by molar-refractivity contribution is 5.76. The van der Waals surface area contributed by atoms with Crippen molar-refractivity contribution in [1.29, 1.82) is 0 Å². The van der Waals surface area contributed by atoms with Crippen LogP contribution < -0.4 is 11.1 Å². The molecule has 1 heterocycles. The van der Waals surface area contributed by atoms with Gasteiger partial charge in [0.05, 0.1) is 5.69 Å². The van der Waals surface area contributed by atoms with Gasteiger partial charge in [-0.15, -0.1) is 0 Å². The van der Waals surface area contributed by atoms with Crippen LogP contribution in [0.1, 0.15) is 43.7 Å². The van der Waals surface area contributed by atoms with E-state index in [0.717, 1.165) is 23.4 Å². The van der Waals surface area contributed by atoms with Crippen molar-refractivity contribution >= 4 is 5.91 Å². The zero-order valence-corrected chi connectivity index (χ0v) is 12.3. The summed E-state index contributed by atoms with van der Waals surface area (Å²) in [6.45, 7) is 9.03. The topological polar surface area (TPSA) is 81.2 Å². The van der Waals surface area contributed by atoms with E-state index in [0.29, 0.717) is 25.4 Å². The van der Waals surface area contributed by atoms with Gasteiger partial charge in [0, 0.05) is 18.5 Å². The van der Waals surface area contributed by atoms with Crippen molar-refractivity contribution in [1.82, 2.24) is 10.5 Å². The maximum atomic E-state index is 11.9. The Morgan fingerprint density at radius 3 is 2.58 bits per heavy atom. The first-order valence-corrected chi connectivity index (χ1v) is 6.82. The van der Waals surface area contributed by atoms with Crippen LogP contribution in [0.5, 0.6) is 0 Å². The average Bonchev–Trinajstić information content (AvgIpc) is 2.65. The molecule has 1 rings (SSSR count). The van der Waals surface area contributed by atoms with Crippen molar-refractivity contribution in [2.45, 2.75) is 47.1 Å².